The highest BCUT2D eigenvalue weighted by molar-refractivity contribution is 5.75. The van der Waals surface area contributed by atoms with Crippen LogP contribution in [0.1, 0.15) is 49.8 Å². The summed E-state index contributed by atoms with van der Waals surface area (Å²) < 4.78 is 17.0. The van der Waals surface area contributed by atoms with Crippen molar-refractivity contribution in [3.63, 3.8) is 0 Å². The van der Waals surface area contributed by atoms with Gasteiger partial charge in [0.2, 0.25) is 0 Å². The zero-order valence-corrected chi connectivity index (χ0v) is 17.2. The fourth-order valence-corrected chi connectivity index (χ4v) is 3.11. The van der Waals surface area contributed by atoms with E-state index in [2.05, 4.69) is 30.3 Å². The molecule has 0 spiro atoms. The molecule has 0 aliphatic rings. The van der Waals surface area contributed by atoms with E-state index in [1.165, 1.54) is 5.56 Å². The highest BCUT2D eigenvalue weighted by Crippen LogP contribution is 2.37. The fourth-order valence-electron chi connectivity index (χ4n) is 3.11. The van der Waals surface area contributed by atoms with Gasteiger partial charge in [-0.05, 0) is 50.3 Å². The maximum Gasteiger partial charge on any atom is 0.168 e. The van der Waals surface area contributed by atoms with Gasteiger partial charge in [0.1, 0.15) is 5.75 Å². The van der Waals surface area contributed by atoms with Crippen molar-refractivity contribution in [2.75, 3.05) is 26.9 Å². The van der Waals surface area contributed by atoms with Gasteiger partial charge in [0.05, 0.1) is 20.3 Å². The van der Waals surface area contributed by atoms with Crippen LogP contribution in [0.5, 0.6) is 17.2 Å². The Balaban J connectivity index is 2.22. The summed E-state index contributed by atoms with van der Waals surface area (Å²) in [6.45, 7) is 5.35. The number of aliphatic hydroxyl groups excluding tert-OH is 1. The van der Waals surface area contributed by atoms with E-state index in [1.807, 2.05) is 32.1 Å². The Hall–Kier alpha value is -2.46. The van der Waals surface area contributed by atoms with Gasteiger partial charge < -0.3 is 19.3 Å². The van der Waals surface area contributed by atoms with Gasteiger partial charge in [-0.25, -0.2) is 0 Å². The summed E-state index contributed by atoms with van der Waals surface area (Å²) in [5.74, 6) is 2.17. The first-order valence-electron chi connectivity index (χ1n) is 10.1. The average Bonchev–Trinajstić information content (AvgIpc) is 2.70. The molecule has 0 amide bonds. The Morgan fingerprint density at radius 2 is 1.75 bits per heavy atom. The van der Waals surface area contributed by atoms with Gasteiger partial charge in [-0.2, -0.15) is 0 Å². The highest BCUT2D eigenvalue weighted by Gasteiger charge is 2.12. The Labute approximate surface area is 168 Å². The molecule has 0 aromatic heterocycles. The van der Waals surface area contributed by atoms with Gasteiger partial charge in [-0.1, -0.05) is 42.8 Å². The summed E-state index contributed by atoms with van der Waals surface area (Å²) in [6.07, 6.45) is 8.17. The molecule has 2 aromatic rings. The standard InChI is InChI=1S/C24H32O4/c1-4-27-22-17-21(24(26-3)23(18-22)28-5-2)14-13-20-12-9-11-19(16-20)10-7-6-8-15-25/h9,11-14,16-18,25H,4-8,10,15H2,1-3H3. The molecule has 0 radical (unpaired) electrons. The highest BCUT2D eigenvalue weighted by atomic mass is 16.5. The van der Waals surface area contributed by atoms with Gasteiger partial charge in [0.25, 0.3) is 0 Å². The summed E-state index contributed by atoms with van der Waals surface area (Å²) in [6, 6.07) is 12.4. The van der Waals surface area contributed by atoms with Crippen molar-refractivity contribution in [2.24, 2.45) is 0 Å². The van der Waals surface area contributed by atoms with Crippen LogP contribution in [-0.2, 0) is 6.42 Å². The Bertz CT molecular complexity index is 752. The molecule has 2 aromatic carbocycles. The van der Waals surface area contributed by atoms with Gasteiger partial charge in [-0.3, -0.25) is 0 Å². The molecule has 0 fully saturated rings. The van der Waals surface area contributed by atoms with Crippen LogP contribution in [0.3, 0.4) is 0 Å². The molecule has 0 atom stereocenters. The van der Waals surface area contributed by atoms with Crippen molar-refractivity contribution < 1.29 is 19.3 Å². The van der Waals surface area contributed by atoms with Crippen LogP contribution >= 0.6 is 0 Å². The summed E-state index contributed by atoms with van der Waals surface area (Å²) in [5.41, 5.74) is 3.37. The molecule has 0 saturated carbocycles. The molecule has 0 aliphatic heterocycles. The van der Waals surface area contributed by atoms with Crippen LogP contribution in [0, 0.1) is 0 Å². The summed E-state index contributed by atoms with van der Waals surface area (Å²) in [5, 5.41) is 8.90. The summed E-state index contributed by atoms with van der Waals surface area (Å²) in [7, 11) is 1.66. The first kappa shape index (κ1) is 21.8. The molecule has 4 heteroatoms. The third-order valence-corrected chi connectivity index (χ3v) is 4.40. The number of aryl methyl sites for hydroxylation is 1. The predicted octanol–water partition coefficient (Wildman–Crippen LogP) is 5.37. The SMILES string of the molecule is CCOc1cc(C=Cc2cccc(CCCCCO)c2)c(OC)c(OCC)c1. The number of hydrogen-bond donors (Lipinski definition) is 1. The zero-order chi connectivity index (χ0) is 20.2. The van der Waals surface area contributed by atoms with Crippen LogP contribution in [-0.4, -0.2) is 32.0 Å². The lowest BCUT2D eigenvalue weighted by Gasteiger charge is -2.14. The molecular formula is C24H32O4. The lowest BCUT2D eigenvalue weighted by atomic mass is 10.0. The lowest BCUT2D eigenvalue weighted by Crippen LogP contribution is -1.99. The topological polar surface area (TPSA) is 47.9 Å². The number of ether oxygens (including phenoxy) is 3. The minimum absolute atomic E-state index is 0.273. The van der Waals surface area contributed by atoms with E-state index in [4.69, 9.17) is 19.3 Å². The summed E-state index contributed by atoms with van der Waals surface area (Å²) in [4.78, 5) is 0. The molecular weight excluding hydrogens is 352 g/mol. The molecule has 28 heavy (non-hydrogen) atoms. The second kappa shape index (κ2) is 12.1. The van der Waals surface area contributed by atoms with E-state index in [0.29, 0.717) is 24.7 Å². The lowest BCUT2D eigenvalue weighted by molar-refractivity contribution is 0.283. The summed E-state index contributed by atoms with van der Waals surface area (Å²) >= 11 is 0. The van der Waals surface area contributed by atoms with Crippen molar-refractivity contribution >= 4 is 12.2 Å². The number of benzene rings is 2. The molecule has 0 saturated heterocycles. The molecule has 0 heterocycles. The van der Waals surface area contributed by atoms with Crippen molar-refractivity contribution in [1.82, 2.24) is 0 Å². The van der Waals surface area contributed by atoms with E-state index in [9.17, 15) is 0 Å². The smallest absolute Gasteiger partial charge is 0.168 e. The quantitative estimate of drug-likeness (QED) is 0.395. The molecule has 0 unspecified atom stereocenters. The number of unbranched alkanes of at least 4 members (excludes halogenated alkanes) is 2. The third kappa shape index (κ3) is 6.61. The van der Waals surface area contributed by atoms with Crippen LogP contribution < -0.4 is 14.2 Å². The molecule has 1 N–H and O–H groups in total. The monoisotopic (exact) mass is 384 g/mol. The molecule has 0 aliphatic carbocycles. The van der Waals surface area contributed by atoms with E-state index in [1.54, 1.807) is 7.11 Å². The van der Waals surface area contributed by atoms with E-state index < -0.39 is 0 Å². The fraction of sp³-hybridized carbons (Fsp3) is 0.417. The van der Waals surface area contributed by atoms with Crippen molar-refractivity contribution in [3.8, 4) is 17.2 Å². The van der Waals surface area contributed by atoms with Crippen LogP contribution in [0.15, 0.2) is 36.4 Å². The predicted molar refractivity (Wildman–Crippen MR) is 115 cm³/mol. The van der Waals surface area contributed by atoms with Gasteiger partial charge in [0, 0.05) is 18.2 Å². The van der Waals surface area contributed by atoms with Crippen LogP contribution in [0.25, 0.3) is 12.2 Å². The average molecular weight is 385 g/mol. The molecule has 2 rings (SSSR count). The van der Waals surface area contributed by atoms with Crippen LogP contribution in [0.4, 0.5) is 0 Å². The second-order valence-electron chi connectivity index (χ2n) is 6.52. The Kier molecular flexibility index (Phi) is 9.43. The first-order chi connectivity index (χ1) is 13.7. The second-order valence-corrected chi connectivity index (χ2v) is 6.52. The number of aliphatic hydroxyl groups is 1. The van der Waals surface area contributed by atoms with E-state index in [-0.39, 0.29) is 6.61 Å². The van der Waals surface area contributed by atoms with Gasteiger partial charge >= 0.3 is 0 Å². The Morgan fingerprint density at radius 3 is 2.46 bits per heavy atom. The van der Waals surface area contributed by atoms with Crippen LogP contribution in [0.2, 0.25) is 0 Å². The van der Waals surface area contributed by atoms with E-state index >= 15 is 0 Å². The Morgan fingerprint density at radius 1 is 0.929 bits per heavy atom. The molecule has 4 nitrogen and oxygen atoms in total. The normalized spacial score (nSPS) is 11.0. The van der Waals surface area contributed by atoms with Crippen molar-refractivity contribution in [2.45, 2.75) is 39.5 Å². The van der Waals surface area contributed by atoms with Gasteiger partial charge in [0.15, 0.2) is 11.5 Å². The zero-order valence-electron chi connectivity index (χ0n) is 17.2. The first-order valence-corrected chi connectivity index (χ1v) is 10.1. The van der Waals surface area contributed by atoms with Gasteiger partial charge in [-0.15, -0.1) is 0 Å². The maximum absolute atomic E-state index is 8.90. The minimum Gasteiger partial charge on any atom is -0.494 e. The number of hydrogen-bond acceptors (Lipinski definition) is 4. The largest absolute Gasteiger partial charge is 0.494 e. The minimum atomic E-state index is 0.273. The number of rotatable bonds is 12. The third-order valence-electron chi connectivity index (χ3n) is 4.40. The van der Waals surface area contributed by atoms with Crippen molar-refractivity contribution in [3.05, 3.63) is 53.1 Å². The molecule has 152 valence electrons. The van der Waals surface area contributed by atoms with E-state index in [0.717, 1.165) is 42.6 Å². The van der Waals surface area contributed by atoms with Crippen molar-refractivity contribution in [1.29, 1.82) is 0 Å². The number of methoxy groups -OCH3 is 1. The molecule has 0 bridgehead atoms. The maximum atomic E-state index is 8.90.